The minimum Gasteiger partial charge on any atom is -0.361 e. The van der Waals surface area contributed by atoms with Crippen LogP contribution in [0.4, 0.5) is 0 Å². The molecule has 2 N–H and O–H groups in total. The summed E-state index contributed by atoms with van der Waals surface area (Å²) in [4.78, 5) is 2.58. The first-order valence-electron chi connectivity index (χ1n) is 15.1. The molecule has 3 atom stereocenters. The van der Waals surface area contributed by atoms with Gasteiger partial charge in [0.2, 0.25) is 0 Å². The van der Waals surface area contributed by atoms with E-state index in [1.807, 2.05) is 46.8 Å². The van der Waals surface area contributed by atoms with Crippen LogP contribution in [0.15, 0.2) is 60.9 Å². The van der Waals surface area contributed by atoms with Gasteiger partial charge in [-0.2, -0.15) is 10.5 Å². The summed E-state index contributed by atoms with van der Waals surface area (Å²) in [6.45, 7) is 22.9. The Labute approximate surface area is 236 Å². The van der Waals surface area contributed by atoms with Crippen LogP contribution in [-0.4, -0.2) is 35.0 Å². The molecule has 3 unspecified atom stereocenters. The van der Waals surface area contributed by atoms with Crippen LogP contribution in [0.1, 0.15) is 113 Å². The molecule has 0 saturated heterocycles. The fraction of sp³-hybridized carbons (Fsp3) is 0.676. The van der Waals surface area contributed by atoms with Gasteiger partial charge in [0, 0.05) is 11.7 Å². The molecule has 0 aromatic heterocycles. The molecular formula is C34H64N2S. The van der Waals surface area contributed by atoms with E-state index in [1.165, 1.54) is 57.1 Å². The first-order chi connectivity index (χ1) is 17.9. The van der Waals surface area contributed by atoms with Crippen LogP contribution in [0.5, 0.6) is 0 Å². The van der Waals surface area contributed by atoms with Gasteiger partial charge in [0.15, 0.2) is 0 Å². The molecule has 2 aliphatic rings. The molecule has 0 heterocycles. The Bertz CT molecular complexity index is 680. The molecule has 3 heteroatoms. The van der Waals surface area contributed by atoms with Crippen LogP contribution in [0.2, 0.25) is 0 Å². The quantitative estimate of drug-likeness (QED) is 0.200. The van der Waals surface area contributed by atoms with Crippen LogP contribution in [0, 0.1) is 11.8 Å². The fourth-order valence-electron chi connectivity index (χ4n) is 5.29. The lowest BCUT2D eigenvalue weighted by Crippen LogP contribution is -2.41. The van der Waals surface area contributed by atoms with Gasteiger partial charge in [-0.1, -0.05) is 90.1 Å². The number of nitrogens with zero attached hydrogens (tertiary/aromatic N) is 1. The topological polar surface area (TPSA) is 29.3 Å². The van der Waals surface area contributed by atoms with Crippen molar-refractivity contribution in [3.8, 4) is 0 Å². The van der Waals surface area contributed by atoms with Gasteiger partial charge in [0.25, 0.3) is 0 Å². The van der Waals surface area contributed by atoms with E-state index in [2.05, 4.69) is 62.3 Å². The van der Waals surface area contributed by atoms with E-state index in [9.17, 15) is 0 Å². The van der Waals surface area contributed by atoms with Crippen LogP contribution in [0.25, 0.3) is 0 Å². The summed E-state index contributed by atoms with van der Waals surface area (Å²) >= 11 is 0. The van der Waals surface area contributed by atoms with Crippen molar-refractivity contribution in [2.45, 2.75) is 124 Å². The molecule has 0 aromatic carbocycles. The molecule has 2 nitrogen and oxygen atoms in total. The molecular weight excluding hydrogens is 468 g/mol. The Balaban J connectivity index is 0. The highest BCUT2D eigenvalue weighted by atomic mass is 32.2. The molecule has 0 bridgehead atoms. The van der Waals surface area contributed by atoms with Crippen LogP contribution < -0.4 is 5.73 Å². The molecule has 2 aliphatic carbocycles. The molecule has 37 heavy (non-hydrogen) atoms. The first kappa shape index (κ1) is 37.8. The number of hydrogen-bond donors (Lipinski definition) is 1. The molecule has 2 rings (SSSR count). The lowest BCUT2D eigenvalue weighted by molar-refractivity contribution is 0.199. The van der Waals surface area contributed by atoms with Crippen LogP contribution >= 0.6 is 10.5 Å². The Kier molecular flexibility index (Phi) is 25.5. The lowest BCUT2D eigenvalue weighted by atomic mass is 9.76. The average Bonchev–Trinajstić information content (AvgIpc) is 2.93. The Morgan fingerprint density at radius 2 is 1.76 bits per heavy atom. The zero-order valence-corrected chi connectivity index (χ0v) is 26.9. The maximum Gasteiger partial charge on any atom is 0.0695 e. The summed E-state index contributed by atoms with van der Waals surface area (Å²) in [5.41, 5.74) is 8.72. The third-order valence-corrected chi connectivity index (χ3v) is 8.46. The largest absolute Gasteiger partial charge is 0.361 e. The zero-order chi connectivity index (χ0) is 28.6. The number of rotatable bonds is 12. The summed E-state index contributed by atoms with van der Waals surface area (Å²) in [7, 11) is 0.111. The van der Waals surface area contributed by atoms with Gasteiger partial charge in [-0.05, 0) is 108 Å². The van der Waals surface area contributed by atoms with Crippen molar-refractivity contribution < 1.29 is 0 Å². The van der Waals surface area contributed by atoms with Crippen molar-refractivity contribution in [2.75, 3.05) is 12.8 Å². The average molecular weight is 533 g/mol. The monoisotopic (exact) mass is 532 g/mol. The summed E-state index contributed by atoms with van der Waals surface area (Å²) < 4.78 is 0. The predicted molar refractivity (Wildman–Crippen MR) is 178 cm³/mol. The second kappa shape index (κ2) is 25.0. The fourth-order valence-corrected chi connectivity index (χ4v) is 6.57. The van der Waals surface area contributed by atoms with Crippen molar-refractivity contribution in [3.05, 3.63) is 60.9 Å². The van der Waals surface area contributed by atoms with Gasteiger partial charge in [-0.15, -0.1) is 0 Å². The van der Waals surface area contributed by atoms with Gasteiger partial charge < -0.3 is 10.6 Å². The molecule has 0 aromatic rings. The standard InChI is InChI=1S/C25H44N2S.C5H8.2C2H6/c1-6-24(18-19-26)27(20(2)3)25(28(4)5)17-14-21-12-15-23(16-13-21)22-10-8-7-9-11-22;1-3-5-4-2;2*1-2/h8,10-11,21,23-25H,2,4,6-7,9,12-19,26H2,1,3,5H3;3-5H,1H2,2H3;2*1-2H3/b;5-4-;;. The maximum atomic E-state index is 5.91. The maximum absolute atomic E-state index is 5.91. The van der Waals surface area contributed by atoms with E-state index in [0.717, 1.165) is 31.2 Å². The summed E-state index contributed by atoms with van der Waals surface area (Å²) in [6.07, 6.45) is 27.9. The van der Waals surface area contributed by atoms with E-state index in [4.69, 9.17) is 5.73 Å². The molecule has 0 radical (unpaired) electrons. The van der Waals surface area contributed by atoms with Crippen LogP contribution in [0.3, 0.4) is 0 Å². The molecule has 1 fully saturated rings. The van der Waals surface area contributed by atoms with E-state index in [0.29, 0.717) is 11.4 Å². The van der Waals surface area contributed by atoms with Gasteiger partial charge in [-0.25, -0.2) is 0 Å². The van der Waals surface area contributed by atoms with E-state index in [-0.39, 0.29) is 10.5 Å². The molecule has 0 aliphatic heterocycles. The highest BCUT2D eigenvalue weighted by Crippen LogP contribution is 2.39. The van der Waals surface area contributed by atoms with Crippen molar-refractivity contribution in [1.82, 2.24) is 4.90 Å². The van der Waals surface area contributed by atoms with Crippen molar-refractivity contribution in [3.63, 3.8) is 0 Å². The third kappa shape index (κ3) is 15.6. The van der Waals surface area contributed by atoms with Crippen LogP contribution in [-0.2, 0) is 0 Å². The Morgan fingerprint density at radius 3 is 2.14 bits per heavy atom. The third-order valence-electron chi connectivity index (χ3n) is 7.07. The minimum absolute atomic E-state index is 0.111. The Hall–Kier alpha value is -1.32. The van der Waals surface area contributed by atoms with E-state index < -0.39 is 0 Å². The van der Waals surface area contributed by atoms with E-state index in [1.54, 1.807) is 11.6 Å². The van der Waals surface area contributed by atoms with Crippen molar-refractivity contribution >= 4 is 16.4 Å². The highest BCUT2D eigenvalue weighted by molar-refractivity contribution is 8.14. The number of nitrogens with two attached hydrogens (primary N) is 1. The first-order valence-corrected chi connectivity index (χ1v) is 16.9. The van der Waals surface area contributed by atoms with Crippen molar-refractivity contribution in [2.24, 2.45) is 17.6 Å². The van der Waals surface area contributed by atoms with Gasteiger partial charge in [0.1, 0.15) is 0 Å². The van der Waals surface area contributed by atoms with E-state index >= 15 is 0 Å². The second-order valence-electron chi connectivity index (χ2n) is 9.67. The molecule has 1 saturated carbocycles. The van der Waals surface area contributed by atoms with Gasteiger partial charge >= 0.3 is 0 Å². The van der Waals surface area contributed by atoms with Gasteiger partial charge in [0.05, 0.1) is 5.37 Å². The molecule has 0 spiro atoms. The highest BCUT2D eigenvalue weighted by Gasteiger charge is 2.28. The minimum atomic E-state index is 0.111. The summed E-state index contributed by atoms with van der Waals surface area (Å²) in [6, 6.07) is 0.505. The molecule has 0 amide bonds. The molecule has 216 valence electrons. The lowest BCUT2D eigenvalue weighted by Gasteiger charge is -2.41. The van der Waals surface area contributed by atoms with Gasteiger partial charge in [-0.3, -0.25) is 0 Å². The number of allylic oxidation sites excluding steroid dienone is 8. The smallest absolute Gasteiger partial charge is 0.0695 e. The summed E-state index contributed by atoms with van der Waals surface area (Å²) in [5, 5.41) is 0.510. The summed E-state index contributed by atoms with van der Waals surface area (Å²) in [5.74, 6) is 6.16. The predicted octanol–water partition coefficient (Wildman–Crippen LogP) is 10.3. The second-order valence-corrected chi connectivity index (χ2v) is 11.6. The van der Waals surface area contributed by atoms with Crippen molar-refractivity contribution in [1.29, 1.82) is 0 Å². The SMILES string of the molecule is C=C(C)N(C(CC)CCN)C(CCC1CCC(C2=CCCC=C2)CC1)S(=C)C.C=C/C=C\C.CC.CC. The Morgan fingerprint density at radius 1 is 1.14 bits per heavy atom. The number of hydrogen-bond acceptors (Lipinski definition) is 2. The normalized spacial score (nSPS) is 20.9. The zero-order valence-electron chi connectivity index (χ0n) is 26.1.